The normalized spacial score (nSPS) is 12.6. The maximum Gasteiger partial charge on any atom is 0.112 e. The average Bonchev–Trinajstić information content (AvgIpc) is 2.68. The highest BCUT2D eigenvalue weighted by molar-refractivity contribution is 5.80. The third-order valence-electron chi connectivity index (χ3n) is 3.69. The van der Waals surface area contributed by atoms with E-state index in [1.165, 1.54) is 5.52 Å². The molecule has 18 heavy (non-hydrogen) atoms. The van der Waals surface area contributed by atoms with Crippen LogP contribution in [-0.2, 0) is 5.54 Å². The van der Waals surface area contributed by atoms with Gasteiger partial charge in [-0.25, -0.2) is 4.98 Å². The topological polar surface area (TPSA) is 43.8 Å². The quantitative estimate of drug-likeness (QED) is 0.834. The van der Waals surface area contributed by atoms with Crippen molar-refractivity contribution in [2.24, 2.45) is 0 Å². The SMILES string of the molecule is CCC(C)(C)n1c(C(C)C)nc2cc(N)ccc21. The first-order valence-electron chi connectivity index (χ1n) is 6.65. The molecule has 1 heterocycles. The van der Waals surface area contributed by atoms with Gasteiger partial charge in [-0.2, -0.15) is 0 Å². The maximum absolute atomic E-state index is 5.85. The third kappa shape index (κ3) is 1.98. The van der Waals surface area contributed by atoms with Crippen molar-refractivity contribution in [3.8, 4) is 0 Å². The van der Waals surface area contributed by atoms with E-state index in [-0.39, 0.29) is 5.54 Å². The van der Waals surface area contributed by atoms with Gasteiger partial charge in [0, 0.05) is 17.1 Å². The Morgan fingerprint density at radius 2 is 2.00 bits per heavy atom. The Bertz CT molecular complexity index is 564. The minimum Gasteiger partial charge on any atom is -0.399 e. The summed E-state index contributed by atoms with van der Waals surface area (Å²) in [7, 11) is 0. The number of nitrogens with two attached hydrogens (primary N) is 1. The van der Waals surface area contributed by atoms with Gasteiger partial charge < -0.3 is 10.3 Å². The lowest BCUT2D eigenvalue weighted by Crippen LogP contribution is -2.27. The molecule has 0 unspecified atom stereocenters. The van der Waals surface area contributed by atoms with Crippen LogP contribution in [0.1, 0.15) is 52.8 Å². The molecule has 0 saturated carbocycles. The number of fused-ring (bicyclic) bond motifs is 1. The number of nitrogens with zero attached hydrogens (tertiary/aromatic N) is 2. The number of aromatic nitrogens is 2. The molecule has 3 nitrogen and oxygen atoms in total. The first-order chi connectivity index (χ1) is 8.36. The monoisotopic (exact) mass is 245 g/mol. The second-order valence-corrected chi connectivity index (χ2v) is 5.87. The molecule has 0 aliphatic heterocycles. The number of hydrogen-bond donors (Lipinski definition) is 1. The van der Waals surface area contributed by atoms with Gasteiger partial charge in [0.25, 0.3) is 0 Å². The first-order valence-corrected chi connectivity index (χ1v) is 6.65. The van der Waals surface area contributed by atoms with Crippen molar-refractivity contribution in [2.45, 2.75) is 52.5 Å². The highest BCUT2D eigenvalue weighted by Crippen LogP contribution is 2.31. The van der Waals surface area contributed by atoms with E-state index in [2.05, 4.69) is 45.3 Å². The van der Waals surface area contributed by atoms with E-state index in [0.717, 1.165) is 23.4 Å². The molecule has 0 radical (unpaired) electrons. The maximum atomic E-state index is 5.85. The number of benzene rings is 1. The summed E-state index contributed by atoms with van der Waals surface area (Å²) in [6, 6.07) is 6.00. The fourth-order valence-corrected chi connectivity index (χ4v) is 2.30. The summed E-state index contributed by atoms with van der Waals surface area (Å²) in [5.41, 5.74) is 8.88. The number of nitrogen functional groups attached to an aromatic ring is 1. The summed E-state index contributed by atoms with van der Waals surface area (Å²) >= 11 is 0. The predicted octanol–water partition coefficient (Wildman–Crippen LogP) is 3.89. The van der Waals surface area contributed by atoms with Crippen LogP contribution in [-0.4, -0.2) is 9.55 Å². The van der Waals surface area contributed by atoms with E-state index in [0.29, 0.717) is 5.92 Å². The smallest absolute Gasteiger partial charge is 0.112 e. The number of rotatable bonds is 3. The van der Waals surface area contributed by atoms with Crippen LogP contribution >= 0.6 is 0 Å². The van der Waals surface area contributed by atoms with Crippen LogP contribution < -0.4 is 5.73 Å². The fourth-order valence-electron chi connectivity index (χ4n) is 2.30. The highest BCUT2D eigenvalue weighted by atomic mass is 15.1. The van der Waals surface area contributed by atoms with Crippen molar-refractivity contribution in [3.63, 3.8) is 0 Å². The zero-order chi connectivity index (χ0) is 13.5. The summed E-state index contributed by atoms with van der Waals surface area (Å²) in [6.07, 6.45) is 1.07. The molecule has 98 valence electrons. The fraction of sp³-hybridized carbons (Fsp3) is 0.533. The van der Waals surface area contributed by atoms with E-state index >= 15 is 0 Å². The van der Waals surface area contributed by atoms with Gasteiger partial charge in [-0.05, 0) is 38.5 Å². The molecule has 3 heteroatoms. The van der Waals surface area contributed by atoms with Crippen LogP contribution in [0.25, 0.3) is 11.0 Å². The standard InChI is InChI=1S/C15H23N3/c1-6-15(4,5)18-13-8-7-11(16)9-12(13)17-14(18)10(2)3/h7-10H,6,16H2,1-5H3. The van der Waals surface area contributed by atoms with Crippen LogP contribution in [0.15, 0.2) is 18.2 Å². The molecule has 0 aliphatic carbocycles. The Hall–Kier alpha value is -1.51. The van der Waals surface area contributed by atoms with Gasteiger partial charge in [-0.1, -0.05) is 20.8 Å². The molecule has 2 aromatic rings. The van der Waals surface area contributed by atoms with Crippen LogP contribution in [0.5, 0.6) is 0 Å². The minimum atomic E-state index is 0.0739. The van der Waals surface area contributed by atoms with Gasteiger partial charge in [-0.15, -0.1) is 0 Å². The van der Waals surface area contributed by atoms with Gasteiger partial charge in [0.05, 0.1) is 11.0 Å². The van der Waals surface area contributed by atoms with E-state index < -0.39 is 0 Å². The molecular formula is C15H23N3. The number of anilines is 1. The first kappa shape index (κ1) is 12.9. The summed E-state index contributed by atoms with van der Waals surface area (Å²) in [5, 5.41) is 0. The molecule has 2 rings (SSSR count). The van der Waals surface area contributed by atoms with E-state index in [9.17, 15) is 0 Å². The number of imidazole rings is 1. The minimum absolute atomic E-state index is 0.0739. The Balaban J connectivity index is 2.79. The highest BCUT2D eigenvalue weighted by Gasteiger charge is 2.25. The molecule has 0 aliphatic rings. The van der Waals surface area contributed by atoms with E-state index in [1.54, 1.807) is 0 Å². The summed E-state index contributed by atoms with van der Waals surface area (Å²) in [6.45, 7) is 11.1. The third-order valence-corrected chi connectivity index (χ3v) is 3.69. The summed E-state index contributed by atoms with van der Waals surface area (Å²) < 4.78 is 2.37. The summed E-state index contributed by atoms with van der Waals surface area (Å²) in [5.74, 6) is 1.55. The van der Waals surface area contributed by atoms with Crippen molar-refractivity contribution in [2.75, 3.05) is 5.73 Å². The zero-order valence-corrected chi connectivity index (χ0v) is 12.0. The van der Waals surface area contributed by atoms with E-state index in [1.807, 2.05) is 12.1 Å². The van der Waals surface area contributed by atoms with Gasteiger partial charge in [0.1, 0.15) is 5.82 Å². The Morgan fingerprint density at radius 1 is 1.33 bits per heavy atom. The van der Waals surface area contributed by atoms with Crippen molar-refractivity contribution >= 4 is 16.7 Å². The van der Waals surface area contributed by atoms with E-state index in [4.69, 9.17) is 10.7 Å². The Labute approximate surface area is 109 Å². The summed E-state index contributed by atoms with van der Waals surface area (Å²) in [4.78, 5) is 4.77. The molecule has 0 fully saturated rings. The Morgan fingerprint density at radius 3 is 2.56 bits per heavy atom. The van der Waals surface area contributed by atoms with Crippen LogP contribution in [0.2, 0.25) is 0 Å². The van der Waals surface area contributed by atoms with Gasteiger partial charge in [0.2, 0.25) is 0 Å². The van der Waals surface area contributed by atoms with Gasteiger partial charge in [0.15, 0.2) is 0 Å². The molecule has 1 aromatic heterocycles. The molecule has 0 spiro atoms. The second kappa shape index (κ2) is 4.30. The van der Waals surface area contributed by atoms with Crippen LogP contribution in [0.4, 0.5) is 5.69 Å². The lowest BCUT2D eigenvalue weighted by atomic mass is 10.00. The molecule has 0 amide bonds. The molecular weight excluding hydrogens is 222 g/mol. The van der Waals surface area contributed by atoms with Crippen LogP contribution in [0.3, 0.4) is 0 Å². The molecule has 0 atom stereocenters. The predicted molar refractivity (Wildman–Crippen MR) is 77.8 cm³/mol. The molecule has 2 N–H and O–H groups in total. The largest absolute Gasteiger partial charge is 0.399 e. The zero-order valence-electron chi connectivity index (χ0n) is 12.0. The number of hydrogen-bond acceptors (Lipinski definition) is 2. The Kier molecular flexibility index (Phi) is 3.09. The van der Waals surface area contributed by atoms with Crippen molar-refractivity contribution in [1.82, 2.24) is 9.55 Å². The van der Waals surface area contributed by atoms with Crippen LogP contribution in [0, 0.1) is 0 Å². The molecule has 1 aromatic carbocycles. The van der Waals surface area contributed by atoms with Crippen molar-refractivity contribution in [3.05, 3.63) is 24.0 Å². The lowest BCUT2D eigenvalue weighted by molar-refractivity contribution is 0.337. The van der Waals surface area contributed by atoms with Gasteiger partial charge >= 0.3 is 0 Å². The van der Waals surface area contributed by atoms with Crippen molar-refractivity contribution in [1.29, 1.82) is 0 Å². The molecule has 0 bridgehead atoms. The van der Waals surface area contributed by atoms with Crippen molar-refractivity contribution < 1.29 is 0 Å². The lowest BCUT2D eigenvalue weighted by Gasteiger charge is -2.29. The van der Waals surface area contributed by atoms with Gasteiger partial charge in [-0.3, -0.25) is 0 Å². The molecule has 0 saturated heterocycles. The second-order valence-electron chi connectivity index (χ2n) is 5.87. The average molecular weight is 245 g/mol.